The lowest BCUT2D eigenvalue weighted by Crippen LogP contribution is -2.48. The van der Waals surface area contributed by atoms with Crippen LogP contribution < -0.4 is 4.90 Å². The molecule has 2 atom stereocenters. The van der Waals surface area contributed by atoms with Gasteiger partial charge in [0.05, 0.1) is 20.2 Å². The number of benzene rings is 1. The Bertz CT molecular complexity index is 1280. The van der Waals surface area contributed by atoms with Gasteiger partial charge < -0.3 is 14.3 Å². The van der Waals surface area contributed by atoms with Gasteiger partial charge in [0.15, 0.2) is 0 Å². The van der Waals surface area contributed by atoms with Crippen molar-refractivity contribution in [2.24, 2.45) is 0 Å². The molecule has 1 amide bonds. The number of likely N-dealkylation sites (tertiary alicyclic amines) is 1. The number of amides is 1. The molecule has 8 nitrogen and oxygen atoms in total. The standard InChI is InChI=1S/C26H27I2N3O5/c1-26(2,3)36-25(34)31(21-10-8-16(14-29-21)9-11-22(32)33)18-12-13-30(24(18)28)15-20-23(27)17-6-4-5-7-19(17)35-20/h4-11,14,18,24H,12-13,15H2,1-3H3,(H,32,33)/t18-,24?/m1/s1. The summed E-state index contributed by atoms with van der Waals surface area (Å²) in [6.07, 6.45) is 4.35. The second kappa shape index (κ2) is 11.1. The second-order valence-electron chi connectivity index (χ2n) is 9.51. The highest BCUT2D eigenvalue weighted by Gasteiger charge is 2.41. The number of aromatic nitrogens is 1. The van der Waals surface area contributed by atoms with E-state index in [0.29, 0.717) is 17.9 Å². The number of ether oxygens (including phenoxy) is 1. The minimum Gasteiger partial charge on any atom is -0.478 e. The number of pyridine rings is 1. The van der Waals surface area contributed by atoms with E-state index in [9.17, 15) is 9.59 Å². The van der Waals surface area contributed by atoms with Crippen LogP contribution >= 0.6 is 45.2 Å². The van der Waals surface area contributed by atoms with Gasteiger partial charge in [0, 0.05) is 24.2 Å². The normalized spacial score (nSPS) is 18.7. The maximum Gasteiger partial charge on any atom is 0.416 e. The van der Waals surface area contributed by atoms with Gasteiger partial charge in [-0.1, -0.05) is 40.8 Å². The number of anilines is 1. The molecule has 3 heterocycles. The molecule has 1 fully saturated rings. The van der Waals surface area contributed by atoms with Crippen molar-refractivity contribution in [3.63, 3.8) is 0 Å². The van der Waals surface area contributed by atoms with Crippen molar-refractivity contribution in [1.82, 2.24) is 9.88 Å². The Balaban J connectivity index is 1.59. The van der Waals surface area contributed by atoms with Crippen molar-refractivity contribution in [2.75, 3.05) is 11.4 Å². The third-order valence-electron chi connectivity index (χ3n) is 5.68. The molecular formula is C26H27I2N3O5. The zero-order valence-corrected chi connectivity index (χ0v) is 24.5. The lowest BCUT2D eigenvalue weighted by molar-refractivity contribution is -0.131. The lowest BCUT2D eigenvalue weighted by Gasteiger charge is -2.33. The molecule has 4 rings (SSSR count). The highest BCUT2D eigenvalue weighted by Crippen LogP contribution is 2.35. The van der Waals surface area contributed by atoms with Gasteiger partial charge in [-0.3, -0.25) is 9.80 Å². The molecule has 1 aliphatic rings. The third kappa shape index (κ3) is 6.20. The number of aliphatic carboxylic acids is 1. The molecule has 0 radical (unpaired) electrons. The maximum atomic E-state index is 13.4. The largest absolute Gasteiger partial charge is 0.478 e. The number of carbonyl (C=O) groups excluding carboxylic acids is 1. The molecule has 3 aromatic rings. The maximum absolute atomic E-state index is 13.4. The summed E-state index contributed by atoms with van der Waals surface area (Å²) in [5.74, 6) is 0.339. The Morgan fingerprint density at radius 3 is 2.67 bits per heavy atom. The number of rotatable bonds is 6. The summed E-state index contributed by atoms with van der Waals surface area (Å²) in [4.78, 5) is 32.6. The van der Waals surface area contributed by atoms with E-state index in [1.54, 1.807) is 23.2 Å². The van der Waals surface area contributed by atoms with Crippen LogP contribution in [0.4, 0.5) is 10.6 Å². The van der Waals surface area contributed by atoms with Crippen molar-refractivity contribution in [2.45, 2.75) is 49.4 Å². The smallest absolute Gasteiger partial charge is 0.416 e. The fourth-order valence-corrected chi connectivity index (χ4v) is 5.97. The van der Waals surface area contributed by atoms with Gasteiger partial charge in [-0.2, -0.15) is 0 Å². The Morgan fingerprint density at radius 1 is 1.28 bits per heavy atom. The van der Waals surface area contributed by atoms with Crippen LogP contribution in [-0.2, 0) is 16.1 Å². The monoisotopic (exact) mass is 715 g/mol. The summed E-state index contributed by atoms with van der Waals surface area (Å²) >= 11 is 4.72. The summed E-state index contributed by atoms with van der Waals surface area (Å²) in [6.45, 7) is 6.92. The number of hydrogen-bond acceptors (Lipinski definition) is 6. The number of carboxylic acid groups (broad SMARTS) is 1. The van der Waals surface area contributed by atoms with Crippen molar-refractivity contribution in [3.05, 3.63) is 63.6 Å². The van der Waals surface area contributed by atoms with Gasteiger partial charge in [-0.25, -0.2) is 14.6 Å². The number of carbonyl (C=O) groups is 2. The molecule has 10 heteroatoms. The minimum absolute atomic E-state index is 0.00693. The molecule has 1 aliphatic heterocycles. The van der Waals surface area contributed by atoms with E-state index >= 15 is 0 Å². The average molecular weight is 715 g/mol. The molecule has 190 valence electrons. The Kier molecular flexibility index (Phi) is 8.25. The molecule has 1 saturated heterocycles. The molecule has 0 spiro atoms. The highest BCUT2D eigenvalue weighted by molar-refractivity contribution is 14.1. The van der Waals surface area contributed by atoms with E-state index in [2.05, 4.69) is 61.1 Å². The van der Waals surface area contributed by atoms with Crippen molar-refractivity contribution in [1.29, 1.82) is 0 Å². The number of nitrogens with zero attached hydrogens (tertiary/aromatic N) is 3. The molecule has 1 unspecified atom stereocenters. The van der Waals surface area contributed by atoms with E-state index in [0.717, 1.165) is 39.3 Å². The highest BCUT2D eigenvalue weighted by atomic mass is 127. The molecular weight excluding hydrogens is 688 g/mol. The van der Waals surface area contributed by atoms with Crippen molar-refractivity contribution in [3.8, 4) is 0 Å². The minimum atomic E-state index is -1.03. The summed E-state index contributed by atoms with van der Waals surface area (Å²) in [6, 6.07) is 11.3. The van der Waals surface area contributed by atoms with E-state index in [1.807, 2.05) is 39.0 Å². The second-order valence-corrected chi connectivity index (χ2v) is 11.9. The number of halogens is 2. The zero-order valence-electron chi connectivity index (χ0n) is 20.1. The fourth-order valence-electron chi connectivity index (χ4n) is 4.09. The molecule has 0 aliphatic carbocycles. The van der Waals surface area contributed by atoms with Gasteiger partial charge in [0.2, 0.25) is 0 Å². The van der Waals surface area contributed by atoms with Crippen LogP contribution in [0.25, 0.3) is 17.0 Å². The van der Waals surface area contributed by atoms with Gasteiger partial charge in [-0.05, 0) is 79.6 Å². The number of carboxylic acids is 1. The molecule has 1 N–H and O–H groups in total. The van der Waals surface area contributed by atoms with Crippen LogP contribution in [-0.4, -0.2) is 49.3 Å². The topological polar surface area (TPSA) is 96.1 Å². The quantitative estimate of drug-likeness (QED) is 0.139. The Morgan fingerprint density at radius 2 is 2.03 bits per heavy atom. The summed E-state index contributed by atoms with van der Waals surface area (Å²) in [5.41, 5.74) is 0.834. The first kappa shape index (κ1) is 26.9. The van der Waals surface area contributed by atoms with Crippen LogP contribution in [0.1, 0.15) is 38.5 Å². The number of furan rings is 1. The summed E-state index contributed by atoms with van der Waals surface area (Å²) in [7, 11) is 0. The first-order valence-corrected chi connectivity index (χ1v) is 13.8. The van der Waals surface area contributed by atoms with Crippen LogP contribution in [0, 0.1) is 3.57 Å². The van der Waals surface area contributed by atoms with E-state index in [-0.39, 0.29) is 10.1 Å². The van der Waals surface area contributed by atoms with Crippen LogP contribution in [0.15, 0.2) is 53.1 Å². The van der Waals surface area contributed by atoms with Crippen LogP contribution in [0.5, 0.6) is 0 Å². The van der Waals surface area contributed by atoms with E-state index in [4.69, 9.17) is 14.3 Å². The van der Waals surface area contributed by atoms with Crippen molar-refractivity contribution < 1.29 is 23.8 Å². The SMILES string of the molecule is CC(C)(C)OC(=O)N(c1ccc(C=CC(=O)O)cn1)[C@@H]1CCN(Cc2oc3ccccc3c2I)C1I. The lowest BCUT2D eigenvalue weighted by atomic mass is 10.2. The first-order chi connectivity index (χ1) is 17.0. The van der Waals surface area contributed by atoms with Gasteiger partial charge in [0.1, 0.15) is 22.8 Å². The number of hydrogen-bond donors (Lipinski definition) is 1. The number of para-hydroxylation sites is 1. The molecule has 2 aromatic heterocycles. The third-order valence-corrected chi connectivity index (χ3v) is 8.49. The fraction of sp³-hybridized carbons (Fsp3) is 0.346. The van der Waals surface area contributed by atoms with Gasteiger partial charge in [-0.15, -0.1) is 0 Å². The predicted octanol–water partition coefficient (Wildman–Crippen LogP) is 6.31. The van der Waals surface area contributed by atoms with E-state index in [1.165, 1.54) is 6.08 Å². The Labute approximate surface area is 237 Å². The van der Waals surface area contributed by atoms with Crippen LogP contribution in [0.3, 0.4) is 0 Å². The molecule has 0 saturated carbocycles. The average Bonchev–Trinajstić information content (AvgIpc) is 3.32. The molecule has 1 aromatic carbocycles. The summed E-state index contributed by atoms with van der Waals surface area (Å²) in [5, 5.41) is 9.97. The Hall–Kier alpha value is -2.19. The summed E-state index contributed by atoms with van der Waals surface area (Å²) < 4.78 is 13.0. The first-order valence-electron chi connectivity index (χ1n) is 11.5. The zero-order chi connectivity index (χ0) is 26.0. The van der Waals surface area contributed by atoms with Crippen molar-refractivity contribution >= 4 is 80.1 Å². The predicted molar refractivity (Wildman–Crippen MR) is 155 cm³/mol. The number of alkyl halides is 1. The van der Waals surface area contributed by atoms with Gasteiger partial charge >= 0.3 is 12.1 Å². The molecule has 0 bridgehead atoms. The van der Waals surface area contributed by atoms with E-state index < -0.39 is 17.7 Å². The van der Waals surface area contributed by atoms with Gasteiger partial charge in [0.25, 0.3) is 0 Å². The van der Waals surface area contributed by atoms with Crippen LogP contribution in [0.2, 0.25) is 0 Å². The molecule has 36 heavy (non-hydrogen) atoms. The number of fused-ring (bicyclic) bond motifs is 1.